The van der Waals surface area contributed by atoms with Crippen molar-refractivity contribution in [1.29, 1.82) is 0 Å². The summed E-state index contributed by atoms with van der Waals surface area (Å²) in [6.07, 6.45) is 4.10. The van der Waals surface area contributed by atoms with Gasteiger partial charge in [0.15, 0.2) is 5.78 Å². The Labute approximate surface area is 147 Å². The Morgan fingerprint density at radius 1 is 1.08 bits per heavy atom. The quantitative estimate of drug-likeness (QED) is 0.606. The minimum Gasteiger partial charge on any atom is -0.497 e. The van der Waals surface area contributed by atoms with Gasteiger partial charge in [-0.15, -0.1) is 0 Å². The van der Waals surface area contributed by atoms with Gasteiger partial charge in [0.2, 0.25) is 10.0 Å². The largest absolute Gasteiger partial charge is 0.497 e. The Morgan fingerprint density at radius 3 is 2.48 bits per heavy atom. The molecule has 0 aliphatic heterocycles. The molecule has 0 bridgehead atoms. The number of ketones is 1. The second-order valence-corrected chi connectivity index (χ2v) is 7.01. The molecule has 0 aliphatic carbocycles. The van der Waals surface area contributed by atoms with Crippen molar-refractivity contribution in [2.75, 3.05) is 25.2 Å². The first kappa shape index (κ1) is 18.5. The number of carbonyl (C=O) groups excluding carboxylic acids is 1. The summed E-state index contributed by atoms with van der Waals surface area (Å²) in [5.41, 5.74) is 1.43. The molecule has 0 spiro atoms. The molecule has 0 atom stereocenters. The zero-order chi connectivity index (χ0) is 18.4. The van der Waals surface area contributed by atoms with E-state index in [1.165, 1.54) is 19.3 Å². The number of hydrogen-bond acceptors (Lipinski definition) is 5. The van der Waals surface area contributed by atoms with Gasteiger partial charge in [-0.3, -0.25) is 9.52 Å². The molecule has 25 heavy (non-hydrogen) atoms. The molecular weight excluding hydrogens is 342 g/mol. The van der Waals surface area contributed by atoms with E-state index < -0.39 is 10.0 Å². The molecule has 0 heterocycles. The van der Waals surface area contributed by atoms with Crippen LogP contribution in [0.25, 0.3) is 6.08 Å². The minimum absolute atomic E-state index is 0.255. The summed E-state index contributed by atoms with van der Waals surface area (Å²) in [4.78, 5) is 12.3. The van der Waals surface area contributed by atoms with Crippen LogP contribution >= 0.6 is 0 Å². The van der Waals surface area contributed by atoms with Crippen LogP contribution in [0.5, 0.6) is 11.5 Å². The predicted octanol–water partition coefficient (Wildman–Crippen LogP) is 2.97. The van der Waals surface area contributed by atoms with Crippen molar-refractivity contribution in [3.8, 4) is 11.5 Å². The van der Waals surface area contributed by atoms with Crippen LogP contribution in [0.3, 0.4) is 0 Å². The summed E-state index contributed by atoms with van der Waals surface area (Å²) >= 11 is 0. The van der Waals surface area contributed by atoms with Gasteiger partial charge in [0, 0.05) is 22.9 Å². The van der Waals surface area contributed by atoms with Crippen LogP contribution in [0.15, 0.2) is 48.5 Å². The van der Waals surface area contributed by atoms with Crippen molar-refractivity contribution in [2.24, 2.45) is 0 Å². The average molecular weight is 361 g/mol. The number of hydrogen-bond donors (Lipinski definition) is 1. The maximum atomic E-state index is 12.3. The van der Waals surface area contributed by atoms with E-state index in [2.05, 4.69) is 4.72 Å². The normalized spacial score (nSPS) is 11.3. The number of benzene rings is 2. The molecule has 2 aromatic rings. The van der Waals surface area contributed by atoms with E-state index in [0.29, 0.717) is 22.7 Å². The number of ether oxygens (including phenoxy) is 2. The Kier molecular flexibility index (Phi) is 5.82. The number of sulfonamides is 1. The second-order valence-electron chi connectivity index (χ2n) is 5.26. The SMILES string of the molecule is COc1ccc(/C=C/C(=O)c2cccc(NS(C)(=O)=O)c2)c(OC)c1. The lowest BCUT2D eigenvalue weighted by atomic mass is 10.1. The van der Waals surface area contributed by atoms with Crippen molar-refractivity contribution in [3.05, 3.63) is 59.7 Å². The summed E-state index contributed by atoms with van der Waals surface area (Å²) in [5, 5.41) is 0. The van der Waals surface area contributed by atoms with E-state index in [9.17, 15) is 13.2 Å². The van der Waals surface area contributed by atoms with E-state index >= 15 is 0 Å². The summed E-state index contributed by atoms with van der Waals surface area (Å²) in [6.45, 7) is 0. The molecule has 1 N–H and O–H groups in total. The van der Waals surface area contributed by atoms with Crippen molar-refractivity contribution in [1.82, 2.24) is 0 Å². The van der Waals surface area contributed by atoms with Crippen molar-refractivity contribution in [2.45, 2.75) is 0 Å². The van der Waals surface area contributed by atoms with Gasteiger partial charge < -0.3 is 9.47 Å². The smallest absolute Gasteiger partial charge is 0.229 e. The van der Waals surface area contributed by atoms with E-state index in [1.54, 1.807) is 49.6 Å². The first-order valence-corrected chi connectivity index (χ1v) is 9.24. The number of anilines is 1. The standard InChI is InChI=1S/C18H19NO5S/c1-23-16-9-7-13(18(12-16)24-2)8-10-17(20)14-5-4-6-15(11-14)19-25(3,21)22/h4-12,19H,1-3H3/b10-8+. The highest BCUT2D eigenvalue weighted by Gasteiger charge is 2.07. The van der Waals surface area contributed by atoms with E-state index in [4.69, 9.17) is 9.47 Å². The maximum Gasteiger partial charge on any atom is 0.229 e. The van der Waals surface area contributed by atoms with Gasteiger partial charge in [-0.05, 0) is 36.4 Å². The van der Waals surface area contributed by atoms with Gasteiger partial charge in [0.25, 0.3) is 0 Å². The van der Waals surface area contributed by atoms with Crippen LogP contribution in [0.1, 0.15) is 15.9 Å². The summed E-state index contributed by atoms with van der Waals surface area (Å²) in [5.74, 6) is 0.978. The molecule has 0 aliphatic rings. The molecule has 132 valence electrons. The van der Waals surface area contributed by atoms with Crippen LogP contribution in [-0.2, 0) is 10.0 Å². The Hall–Kier alpha value is -2.80. The third-order valence-corrected chi connectivity index (χ3v) is 3.91. The number of allylic oxidation sites excluding steroid dienone is 1. The molecule has 2 aromatic carbocycles. The molecule has 0 amide bonds. The lowest BCUT2D eigenvalue weighted by Crippen LogP contribution is -2.10. The number of rotatable bonds is 7. The Morgan fingerprint density at radius 2 is 1.84 bits per heavy atom. The van der Waals surface area contributed by atoms with E-state index in [-0.39, 0.29) is 5.78 Å². The van der Waals surface area contributed by atoms with Crippen molar-refractivity contribution in [3.63, 3.8) is 0 Å². The fourth-order valence-corrected chi connectivity index (χ4v) is 2.72. The minimum atomic E-state index is -3.40. The lowest BCUT2D eigenvalue weighted by molar-refractivity contribution is 0.104. The average Bonchev–Trinajstić information content (AvgIpc) is 2.58. The molecule has 2 rings (SSSR count). The van der Waals surface area contributed by atoms with Gasteiger partial charge >= 0.3 is 0 Å². The first-order valence-electron chi connectivity index (χ1n) is 7.34. The number of nitrogens with one attached hydrogen (secondary N) is 1. The van der Waals surface area contributed by atoms with E-state index in [1.807, 2.05) is 0 Å². The fourth-order valence-electron chi connectivity index (χ4n) is 2.17. The van der Waals surface area contributed by atoms with Gasteiger partial charge in [-0.25, -0.2) is 8.42 Å². The van der Waals surface area contributed by atoms with E-state index in [0.717, 1.165) is 11.8 Å². The van der Waals surface area contributed by atoms with Crippen LogP contribution in [0.2, 0.25) is 0 Å². The van der Waals surface area contributed by atoms with Crippen LogP contribution in [0, 0.1) is 0 Å². The summed E-state index contributed by atoms with van der Waals surface area (Å²) < 4.78 is 35.3. The monoisotopic (exact) mass is 361 g/mol. The van der Waals surface area contributed by atoms with Crippen LogP contribution in [0.4, 0.5) is 5.69 Å². The Bertz CT molecular complexity index is 903. The fraction of sp³-hybridized carbons (Fsp3) is 0.167. The zero-order valence-electron chi connectivity index (χ0n) is 14.1. The topological polar surface area (TPSA) is 81.7 Å². The zero-order valence-corrected chi connectivity index (χ0v) is 15.0. The highest BCUT2D eigenvalue weighted by Crippen LogP contribution is 2.25. The molecule has 0 aromatic heterocycles. The molecule has 0 radical (unpaired) electrons. The molecule has 0 fully saturated rings. The third kappa shape index (κ3) is 5.36. The highest BCUT2D eigenvalue weighted by atomic mass is 32.2. The second kappa shape index (κ2) is 7.85. The van der Waals surface area contributed by atoms with Crippen LogP contribution < -0.4 is 14.2 Å². The van der Waals surface area contributed by atoms with Gasteiger partial charge in [-0.1, -0.05) is 12.1 Å². The molecule has 0 saturated carbocycles. The van der Waals surface area contributed by atoms with Crippen LogP contribution in [-0.4, -0.2) is 34.7 Å². The van der Waals surface area contributed by atoms with Gasteiger partial charge in [0.05, 0.1) is 20.5 Å². The number of carbonyl (C=O) groups is 1. The van der Waals surface area contributed by atoms with Gasteiger partial charge in [0.1, 0.15) is 11.5 Å². The predicted molar refractivity (Wildman–Crippen MR) is 97.8 cm³/mol. The number of methoxy groups -OCH3 is 2. The molecule has 6 nitrogen and oxygen atoms in total. The van der Waals surface area contributed by atoms with Crippen molar-refractivity contribution >= 4 is 27.6 Å². The summed E-state index contributed by atoms with van der Waals surface area (Å²) in [6, 6.07) is 11.6. The lowest BCUT2D eigenvalue weighted by Gasteiger charge is -2.07. The molecule has 0 unspecified atom stereocenters. The highest BCUT2D eigenvalue weighted by molar-refractivity contribution is 7.92. The molecule has 0 saturated heterocycles. The first-order chi connectivity index (χ1) is 11.8. The maximum absolute atomic E-state index is 12.3. The third-order valence-electron chi connectivity index (χ3n) is 3.31. The molecular formula is C18H19NO5S. The van der Waals surface area contributed by atoms with Gasteiger partial charge in [-0.2, -0.15) is 0 Å². The molecule has 7 heteroatoms. The van der Waals surface area contributed by atoms with Crippen molar-refractivity contribution < 1.29 is 22.7 Å². The summed E-state index contributed by atoms with van der Waals surface area (Å²) in [7, 11) is -0.301. The Balaban J connectivity index is 2.22.